The van der Waals surface area contributed by atoms with Gasteiger partial charge in [-0.15, -0.1) is 0 Å². The van der Waals surface area contributed by atoms with Gasteiger partial charge in [-0.3, -0.25) is 4.68 Å². The average molecular weight is 220 g/mol. The van der Waals surface area contributed by atoms with E-state index in [0.29, 0.717) is 12.8 Å². The first-order valence-corrected chi connectivity index (χ1v) is 5.42. The highest BCUT2D eigenvalue weighted by Gasteiger charge is 2.08. The molecule has 2 aromatic heterocycles. The van der Waals surface area contributed by atoms with E-state index in [1.807, 2.05) is 25.4 Å². The zero-order valence-electron chi connectivity index (χ0n) is 9.34. The number of rotatable bonds is 5. The number of furan rings is 1. The number of aliphatic hydroxyl groups is 1. The molecule has 2 aromatic rings. The Morgan fingerprint density at radius 2 is 2.44 bits per heavy atom. The summed E-state index contributed by atoms with van der Waals surface area (Å²) in [6, 6.07) is 3.79. The molecule has 2 heterocycles. The molecule has 0 spiro atoms. The van der Waals surface area contributed by atoms with Crippen LogP contribution in [0.5, 0.6) is 0 Å². The topological polar surface area (TPSA) is 51.2 Å². The summed E-state index contributed by atoms with van der Waals surface area (Å²) in [7, 11) is 1.87. The first-order valence-electron chi connectivity index (χ1n) is 5.42. The van der Waals surface area contributed by atoms with Crippen LogP contribution in [0.2, 0.25) is 0 Å². The van der Waals surface area contributed by atoms with Gasteiger partial charge in [0.1, 0.15) is 5.76 Å². The van der Waals surface area contributed by atoms with Crippen molar-refractivity contribution in [1.29, 1.82) is 0 Å². The molecule has 1 atom stereocenters. The summed E-state index contributed by atoms with van der Waals surface area (Å²) in [6.45, 7) is 0. The second-order valence-electron chi connectivity index (χ2n) is 4.00. The van der Waals surface area contributed by atoms with Crippen LogP contribution in [-0.2, 0) is 19.9 Å². The lowest BCUT2D eigenvalue weighted by molar-refractivity contribution is 0.163. The van der Waals surface area contributed by atoms with Crippen molar-refractivity contribution in [3.8, 4) is 0 Å². The molecular weight excluding hydrogens is 204 g/mol. The summed E-state index contributed by atoms with van der Waals surface area (Å²) >= 11 is 0. The van der Waals surface area contributed by atoms with Gasteiger partial charge >= 0.3 is 0 Å². The minimum Gasteiger partial charge on any atom is -0.469 e. The summed E-state index contributed by atoms with van der Waals surface area (Å²) < 4.78 is 6.96. The summed E-state index contributed by atoms with van der Waals surface area (Å²) in [5.74, 6) is 0.922. The molecule has 2 rings (SSSR count). The molecule has 4 heteroatoms. The first kappa shape index (κ1) is 11.0. The predicted octanol–water partition coefficient (Wildman–Crippen LogP) is 1.55. The minimum absolute atomic E-state index is 0.339. The van der Waals surface area contributed by atoms with Gasteiger partial charge < -0.3 is 9.52 Å². The third-order valence-corrected chi connectivity index (χ3v) is 2.53. The van der Waals surface area contributed by atoms with E-state index in [2.05, 4.69) is 5.10 Å². The molecule has 0 aromatic carbocycles. The standard InChI is InChI=1S/C12H16N2O2/c1-14-9-10(8-13-14)7-11(15)4-5-12-3-2-6-16-12/h2-3,6,8-9,11,15H,4-5,7H2,1H3. The van der Waals surface area contributed by atoms with Gasteiger partial charge in [-0.1, -0.05) is 0 Å². The molecule has 86 valence electrons. The molecule has 1 N–H and O–H groups in total. The number of hydrogen-bond donors (Lipinski definition) is 1. The molecule has 0 aliphatic rings. The zero-order chi connectivity index (χ0) is 11.4. The number of aromatic nitrogens is 2. The molecule has 0 saturated heterocycles. The van der Waals surface area contributed by atoms with Crippen LogP contribution in [0.25, 0.3) is 0 Å². The first-order chi connectivity index (χ1) is 7.74. The molecule has 0 amide bonds. The Bertz CT molecular complexity index is 420. The van der Waals surface area contributed by atoms with E-state index in [4.69, 9.17) is 4.42 Å². The minimum atomic E-state index is -0.339. The highest BCUT2D eigenvalue weighted by molar-refractivity contribution is 5.05. The largest absolute Gasteiger partial charge is 0.469 e. The van der Waals surface area contributed by atoms with E-state index in [1.54, 1.807) is 17.1 Å². The van der Waals surface area contributed by atoms with Gasteiger partial charge in [-0.2, -0.15) is 5.10 Å². The Morgan fingerprint density at radius 3 is 3.06 bits per heavy atom. The van der Waals surface area contributed by atoms with Crippen molar-refractivity contribution in [3.05, 3.63) is 42.1 Å². The maximum absolute atomic E-state index is 9.83. The van der Waals surface area contributed by atoms with Crippen molar-refractivity contribution in [1.82, 2.24) is 9.78 Å². The Kier molecular flexibility index (Phi) is 3.41. The van der Waals surface area contributed by atoms with Gasteiger partial charge in [0.05, 0.1) is 18.6 Å². The highest BCUT2D eigenvalue weighted by Crippen LogP contribution is 2.09. The Labute approximate surface area is 94.5 Å². The van der Waals surface area contributed by atoms with E-state index in [1.165, 1.54) is 0 Å². The third-order valence-electron chi connectivity index (χ3n) is 2.53. The van der Waals surface area contributed by atoms with E-state index in [-0.39, 0.29) is 6.10 Å². The summed E-state index contributed by atoms with van der Waals surface area (Å²) in [6.07, 6.45) is 7.16. The molecule has 4 nitrogen and oxygen atoms in total. The van der Waals surface area contributed by atoms with Crippen LogP contribution < -0.4 is 0 Å². The molecule has 1 unspecified atom stereocenters. The lowest BCUT2D eigenvalue weighted by atomic mass is 10.1. The second kappa shape index (κ2) is 4.99. The smallest absolute Gasteiger partial charge is 0.103 e. The van der Waals surface area contributed by atoms with Crippen LogP contribution in [0, 0.1) is 0 Å². The molecule has 0 bridgehead atoms. The molecule has 16 heavy (non-hydrogen) atoms. The van der Waals surface area contributed by atoms with Crippen molar-refractivity contribution in [2.75, 3.05) is 0 Å². The van der Waals surface area contributed by atoms with Crippen LogP contribution in [0.15, 0.2) is 35.2 Å². The Balaban J connectivity index is 1.78. The van der Waals surface area contributed by atoms with E-state index in [9.17, 15) is 5.11 Å². The Hall–Kier alpha value is -1.55. The molecule has 0 aliphatic heterocycles. The van der Waals surface area contributed by atoms with Crippen LogP contribution in [0.1, 0.15) is 17.7 Å². The van der Waals surface area contributed by atoms with Crippen molar-refractivity contribution in [2.45, 2.75) is 25.4 Å². The lowest BCUT2D eigenvalue weighted by Gasteiger charge is -2.07. The van der Waals surface area contributed by atoms with Gasteiger partial charge in [-0.25, -0.2) is 0 Å². The van der Waals surface area contributed by atoms with Gasteiger partial charge in [-0.05, 0) is 24.1 Å². The van der Waals surface area contributed by atoms with E-state index < -0.39 is 0 Å². The fourth-order valence-electron chi connectivity index (χ4n) is 1.72. The van der Waals surface area contributed by atoms with Gasteiger partial charge in [0.2, 0.25) is 0 Å². The normalized spacial score (nSPS) is 12.9. The number of aryl methyl sites for hydroxylation is 2. The summed E-state index contributed by atoms with van der Waals surface area (Å²) in [5.41, 5.74) is 1.06. The van der Waals surface area contributed by atoms with Crippen molar-refractivity contribution >= 4 is 0 Å². The van der Waals surface area contributed by atoms with Crippen molar-refractivity contribution in [3.63, 3.8) is 0 Å². The Morgan fingerprint density at radius 1 is 1.56 bits per heavy atom. The van der Waals surface area contributed by atoms with Crippen LogP contribution in [0.3, 0.4) is 0 Å². The molecule has 0 saturated carbocycles. The van der Waals surface area contributed by atoms with Crippen LogP contribution in [-0.4, -0.2) is 21.0 Å². The quantitative estimate of drug-likeness (QED) is 0.831. The fourth-order valence-corrected chi connectivity index (χ4v) is 1.72. The molecular formula is C12H16N2O2. The second-order valence-corrected chi connectivity index (χ2v) is 4.00. The lowest BCUT2D eigenvalue weighted by Crippen LogP contribution is -2.11. The maximum Gasteiger partial charge on any atom is 0.103 e. The monoisotopic (exact) mass is 220 g/mol. The third kappa shape index (κ3) is 2.97. The van der Waals surface area contributed by atoms with Crippen LogP contribution >= 0.6 is 0 Å². The van der Waals surface area contributed by atoms with E-state index >= 15 is 0 Å². The number of hydrogen-bond acceptors (Lipinski definition) is 3. The zero-order valence-corrected chi connectivity index (χ0v) is 9.34. The average Bonchev–Trinajstić information content (AvgIpc) is 2.87. The van der Waals surface area contributed by atoms with Crippen LogP contribution in [0.4, 0.5) is 0 Å². The predicted molar refractivity (Wildman–Crippen MR) is 59.9 cm³/mol. The maximum atomic E-state index is 9.83. The fraction of sp³-hybridized carbons (Fsp3) is 0.417. The number of aliphatic hydroxyl groups excluding tert-OH is 1. The highest BCUT2D eigenvalue weighted by atomic mass is 16.3. The van der Waals surface area contributed by atoms with Gasteiger partial charge in [0, 0.05) is 26.1 Å². The SMILES string of the molecule is Cn1cc(CC(O)CCc2ccco2)cn1. The van der Waals surface area contributed by atoms with E-state index in [0.717, 1.165) is 17.7 Å². The van der Waals surface area contributed by atoms with Gasteiger partial charge in [0.25, 0.3) is 0 Å². The van der Waals surface area contributed by atoms with Gasteiger partial charge in [0.15, 0.2) is 0 Å². The molecule has 0 radical (unpaired) electrons. The number of nitrogens with zero attached hydrogens (tertiary/aromatic N) is 2. The van der Waals surface area contributed by atoms with Crippen molar-refractivity contribution in [2.24, 2.45) is 7.05 Å². The summed E-state index contributed by atoms with van der Waals surface area (Å²) in [5, 5.41) is 13.9. The summed E-state index contributed by atoms with van der Waals surface area (Å²) in [4.78, 5) is 0. The van der Waals surface area contributed by atoms with Crippen molar-refractivity contribution < 1.29 is 9.52 Å². The molecule has 0 aliphatic carbocycles. The molecule has 0 fully saturated rings.